The van der Waals surface area contributed by atoms with Crippen molar-refractivity contribution in [1.29, 1.82) is 0 Å². The molecule has 1 amide bonds. The van der Waals surface area contributed by atoms with E-state index in [1.165, 1.54) is 4.88 Å². The van der Waals surface area contributed by atoms with E-state index in [0.717, 1.165) is 5.56 Å². The summed E-state index contributed by atoms with van der Waals surface area (Å²) in [4.78, 5) is 15.5. The van der Waals surface area contributed by atoms with Crippen molar-refractivity contribution < 1.29 is 4.79 Å². The van der Waals surface area contributed by atoms with E-state index in [-0.39, 0.29) is 11.9 Å². The number of carbonyl (C=O) groups is 1. The minimum atomic E-state index is -0.0537. The van der Waals surface area contributed by atoms with Gasteiger partial charge in [-0.05, 0) is 43.2 Å². The molecule has 0 bridgehead atoms. The molecule has 112 valence electrons. The smallest absolute Gasteiger partial charge is 0.251 e. The average molecular weight is 303 g/mol. The molecule has 0 fully saturated rings. The Morgan fingerprint density at radius 2 is 2.00 bits per heavy atom. The zero-order chi connectivity index (χ0) is 15.2. The van der Waals surface area contributed by atoms with Crippen LogP contribution in [0.1, 0.15) is 26.8 Å². The van der Waals surface area contributed by atoms with Crippen LogP contribution in [0.2, 0.25) is 0 Å². The van der Waals surface area contributed by atoms with Crippen molar-refractivity contribution in [2.24, 2.45) is 5.73 Å². The molecule has 4 nitrogen and oxygen atoms in total. The Balaban J connectivity index is 1.98. The largest absolute Gasteiger partial charge is 0.350 e. The quantitative estimate of drug-likeness (QED) is 0.860. The summed E-state index contributed by atoms with van der Waals surface area (Å²) < 4.78 is 0. The number of hydrogen-bond donors (Lipinski definition) is 2. The zero-order valence-corrected chi connectivity index (χ0v) is 13.2. The molecule has 0 radical (unpaired) electrons. The van der Waals surface area contributed by atoms with Gasteiger partial charge in [-0.25, -0.2) is 0 Å². The summed E-state index contributed by atoms with van der Waals surface area (Å²) in [5.41, 5.74) is 7.24. The SMILES string of the molecule is CN(C)C(CNC(=O)c1ccc(CN)cc1)c1cccs1. The Morgan fingerprint density at radius 3 is 2.52 bits per heavy atom. The maximum Gasteiger partial charge on any atom is 0.251 e. The van der Waals surface area contributed by atoms with Crippen LogP contribution in [0.4, 0.5) is 0 Å². The number of amides is 1. The van der Waals surface area contributed by atoms with Gasteiger partial charge in [-0.2, -0.15) is 0 Å². The minimum Gasteiger partial charge on any atom is -0.350 e. The molecule has 1 aromatic heterocycles. The Bertz CT molecular complexity index is 564. The Morgan fingerprint density at radius 1 is 1.29 bits per heavy atom. The summed E-state index contributed by atoms with van der Waals surface area (Å²) in [6.45, 7) is 1.08. The topological polar surface area (TPSA) is 58.4 Å². The number of carbonyl (C=O) groups excluding carboxylic acids is 1. The molecule has 3 N–H and O–H groups in total. The molecule has 21 heavy (non-hydrogen) atoms. The number of nitrogens with one attached hydrogen (secondary N) is 1. The van der Waals surface area contributed by atoms with Crippen LogP contribution in [0, 0.1) is 0 Å². The number of thiophene rings is 1. The lowest BCUT2D eigenvalue weighted by Gasteiger charge is -2.23. The van der Waals surface area contributed by atoms with Gasteiger partial charge in [0.15, 0.2) is 0 Å². The van der Waals surface area contributed by atoms with E-state index in [0.29, 0.717) is 18.7 Å². The molecular formula is C16H21N3OS. The van der Waals surface area contributed by atoms with Gasteiger partial charge >= 0.3 is 0 Å². The first-order valence-corrected chi connectivity index (χ1v) is 7.77. The van der Waals surface area contributed by atoms with Crippen LogP contribution in [0.3, 0.4) is 0 Å². The normalized spacial score (nSPS) is 12.4. The van der Waals surface area contributed by atoms with Crippen LogP contribution >= 0.6 is 11.3 Å². The van der Waals surface area contributed by atoms with Gasteiger partial charge in [-0.1, -0.05) is 18.2 Å². The second kappa shape index (κ2) is 7.36. The van der Waals surface area contributed by atoms with E-state index < -0.39 is 0 Å². The monoisotopic (exact) mass is 303 g/mol. The maximum absolute atomic E-state index is 12.2. The van der Waals surface area contributed by atoms with Crippen LogP contribution in [0.5, 0.6) is 0 Å². The van der Waals surface area contributed by atoms with E-state index in [1.807, 2.05) is 44.4 Å². The van der Waals surface area contributed by atoms with E-state index >= 15 is 0 Å². The second-order valence-electron chi connectivity index (χ2n) is 5.11. The molecule has 1 unspecified atom stereocenters. The third-order valence-electron chi connectivity index (χ3n) is 3.40. The van der Waals surface area contributed by atoms with E-state index in [1.54, 1.807) is 11.3 Å². The predicted octanol–water partition coefficient (Wildman–Crippen LogP) is 2.24. The van der Waals surface area contributed by atoms with E-state index in [2.05, 4.69) is 21.7 Å². The fourth-order valence-electron chi connectivity index (χ4n) is 2.10. The van der Waals surface area contributed by atoms with Crippen molar-refractivity contribution >= 4 is 17.2 Å². The summed E-state index contributed by atoms with van der Waals surface area (Å²) in [6.07, 6.45) is 0. The molecule has 2 aromatic rings. The number of nitrogens with zero attached hydrogens (tertiary/aromatic N) is 1. The highest BCUT2D eigenvalue weighted by Gasteiger charge is 2.16. The highest BCUT2D eigenvalue weighted by Crippen LogP contribution is 2.22. The van der Waals surface area contributed by atoms with Crippen molar-refractivity contribution in [3.8, 4) is 0 Å². The van der Waals surface area contributed by atoms with Crippen molar-refractivity contribution in [3.05, 3.63) is 57.8 Å². The summed E-state index contributed by atoms with van der Waals surface area (Å²) >= 11 is 1.70. The molecule has 1 heterocycles. The lowest BCUT2D eigenvalue weighted by atomic mass is 10.1. The molecule has 0 aliphatic carbocycles. The van der Waals surface area contributed by atoms with E-state index in [4.69, 9.17) is 5.73 Å². The molecule has 2 rings (SSSR count). The van der Waals surface area contributed by atoms with Gasteiger partial charge in [0.2, 0.25) is 0 Å². The first-order chi connectivity index (χ1) is 10.1. The summed E-state index contributed by atoms with van der Waals surface area (Å²) in [6, 6.07) is 11.7. The van der Waals surface area contributed by atoms with Crippen molar-refractivity contribution in [1.82, 2.24) is 10.2 Å². The third-order valence-corrected chi connectivity index (χ3v) is 4.38. The predicted molar refractivity (Wildman–Crippen MR) is 87.4 cm³/mol. The Labute approximate surface area is 129 Å². The number of nitrogens with two attached hydrogens (primary N) is 1. The molecule has 0 aliphatic heterocycles. The molecule has 0 aliphatic rings. The molecule has 1 aromatic carbocycles. The molecule has 0 spiro atoms. The van der Waals surface area contributed by atoms with Gasteiger partial charge in [-0.3, -0.25) is 4.79 Å². The van der Waals surface area contributed by atoms with Gasteiger partial charge in [0.25, 0.3) is 5.91 Å². The van der Waals surface area contributed by atoms with E-state index in [9.17, 15) is 4.79 Å². The first kappa shape index (κ1) is 15.7. The highest BCUT2D eigenvalue weighted by atomic mass is 32.1. The standard InChI is InChI=1S/C16H21N3OS/c1-19(2)14(15-4-3-9-21-15)11-18-16(20)13-7-5-12(10-17)6-8-13/h3-9,14H,10-11,17H2,1-2H3,(H,18,20). The molecule has 1 atom stereocenters. The molecule has 0 saturated carbocycles. The lowest BCUT2D eigenvalue weighted by molar-refractivity contribution is 0.0942. The van der Waals surface area contributed by atoms with Crippen LogP contribution < -0.4 is 11.1 Å². The van der Waals surface area contributed by atoms with Gasteiger partial charge in [0.1, 0.15) is 0 Å². The molecular weight excluding hydrogens is 282 g/mol. The van der Waals surface area contributed by atoms with Gasteiger partial charge in [0.05, 0.1) is 6.04 Å². The van der Waals surface area contributed by atoms with Crippen LogP contribution in [0.25, 0.3) is 0 Å². The summed E-state index contributed by atoms with van der Waals surface area (Å²) in [5.74, 6) is -0.0537. The summed E-state index contributed by atoms with van der Waals surface area (Å²) in [5, 5.41) is 5.06. The number of benzene rings is 1. The van der Waals surface area contributed by atoms with Gasteiger partial charge < -0.3 is 16.0 Å². The van der Waals surface area contributed by atoms with Crippen LogP contribution in [-0.4, -0.2) is 31.4 Å². The highest BCUT2D eigenvalue weighted by molar-refractivity contribution is 7.10. The Kier molecular flexibility index (Phi) is 5.50. The summed E-state index contributed by atoms with van der Waals surface area (Å²) in [7, 11) is 4.04. The van der Waals surface area contributed by atoms with Crippen LogP contribution in [-0.2, 0) is 6.54 Å². The van der Waals surface area contributed by atoms with Crippen molar-refractivity contribution in [2.75, 3.05) is 20.6 Å². The minimum absolute atomic E-state index is 0.0537. The lowest BCUT2D eigenvalue weighted by Crippen LogP contribution is -2.34. The Hall–Kier alpha value is -1.69. The first-order valence-electron chi connectivity index (χ1n) is 6.89. The van der Waals surface area contributed by atoms with Gasteiger partial charge in [-0.15, -0.1) is 11.3 Å². The fourth-order valence-corrected chi connectivity index (χ4v) is 3.02. The van der Waals surface area contributed by atoms with Crippen molar-refractivity contribution in [3.63, 3.8) is 0 Å². The van der Waals surface area contributed by atoms with Crippen LogP contribution in [0.15, 0.2) is 41.8 Å². The van der Waals surface area contributed by atoms with Crippen molar-refractivity contribution in [2.45, 2.75) is 12.6 Å². The van der Waals surface area contributed by atoms with Gasteiger partial charge in [0, 0.05) is 23.5 Å². The number of hydrogen-bond acceptors (Lipinski definition) is 4. The number of likely N-dealkylation sites (N-methyl/N-ethyl adjacent to an activating group) is 1. The second-order valence-corrected chi connectivity index (χ2v) is 6.09. The third kappa shape index (κ3) is 4.14. The zero-order valence-electron chi connectivity index (χ0n) is 12.4. The average Bonchev–Trinajstić information content (AvgIpc) is 3.01. The molecule has 5 heteroatoms. The maximum atomic E-state index is 12.2. The fraction of sp³-hybridized carbons (Fsp3) is 0.312. The number of rotatable bonds is 6. The molecule has 0 saturated heterocycles.